The van der Waals surface area contributed by atoms with Crippen LogP contribution < -0.4 is 5.32 Å². The van der Waals surface area contributed by atoms with Crippen LogP contribution >= 0.6 is 11.6 Å². The second kappa shape index (κ2) is 7.93. The van der Waals surface area contributed by atoms with Gasteiger partial charge in [0.25, 0.3) is 0 Å². The van der Waals surface area contributed by atoms with Crippen LogP contribution in [0.15, 0.2) is 18.2 Å². The van der Waals surface area contributed by atoms with Crippen molar-refractivity contribution in [3.05, 3.63) is 34.6 Å². The van der Waals surface area contributed by atoms with Gasteiger partial charge in [-0.25, -0.2) is 4.39 Å². The minimum Gasteiger partial charge on any atom is -0.356 e. The van der Waals surface area contributed by atoms with Crippen LogP contribution in [0.1, 0.15) is 32.3 Å². The Morgan fingerprint density at radius 2 is 2.09 bits per heavy atom. The fourth-order valence-corrected chi connectivity index (χ4v) is 2.85. The van der Waals surface area contributed by atoms with Crippen molar-refractivity contribution in [1.82, 2.24) is 10.2 Å². The summed E-state index contributed by atoms with van der Waals surface area (Å²) in [5, 5.41) is 3.42. The maximum atomic E-state index is 13.8. The number of rotatable bonds is 5. The van der Waals surface area contributed by atoms with E-state index in [4.69, 9.17) is 11.6 Å². The minimum absolute atomic E-state index is 0.0880. The molecule has 1 N–H and O–H groups in total. The van der Waals surface area contributed by atoms with Gasteiger partial charge >= 0.3 is 0 Å². The number of benzene rings is 1. The summed E-state index contributed by atoms with van der Waals surface area (Å²) in [4.78, 5) is 14.2. The number of carbonyl (C=O) groups excluding carboxylic acids is 1. The Hall–Kier alpha value is -1.13. The fraction of sp³-hybridized carbons (Fsp3) is 0.588. The van der Waals surface area contributed by atoms with Gasteiger partial charge in [-0.15, -0.1) is 0 Å². The quantitative estimate of drug-likeness (QED) is 0.898. The Morgan fingerprint density at radius 1 is 1.41 bits per heavy atom. The highest BCUT2D eigenvalue weighted by atomic mass is 35.5. The minimum atomic E-state index is -0.260. The second-order valence-electron chi connectivity index (χ2n) is 6.43. The van der Waals surface area contributed by atoms with Gasteiger partial charge in [0.2, 0.25) is 5.91 Å². The third-order valence-corrected chi connectivity index (χ3v) is 4.29. The van der Waals surface area contributed by atoms with Crippen LogP contribution in [-0.4, -0.2) is 30.4 Å². The van der Waals surface area contributed by atoms with Crippen molar-refractivity contribution in [2.45, 2.75) is 33.2 Å². The third kappa shape index (κ3) is 4.96. The summed E-state index contributed by atoms with van der Waals surface area (Å²) < 4.78 is 13.8. The maximum absolute atomic E-state index is 13.8. The van der Waals surface area contributed by atoms with Gasteiger partial charge in [0.1, 0.15) is 5.82 Å². The van der Waals surface area contributed by atoms with Gasteiger partial charge in [-0.1, -0.05) is 31.5 Å². The van der Waals surface area contributed by atoms with Crippen LogP contribution in [0.4, 0.5) is 4.39 Å². The number of amides is 1. The lowest BCUT2D eigenvalue weighted by Gasteiger charge is -2.31. The van der Waals surface area contributed by atoms with Crippen LogP contribution in [-0.2, 0) is 11.3 Å². The molecule has 122 valence electrons. The molecule has 1 aliphatic rings. The van der Waals surface area contributed by atoms with Gasteiger partial charge in [0, 0.05) is 29.6 Å². The molecule has 5 heteroatoms. The Labute approximate surface area is 136 Å². The van der Waals surface area contributed by atoms with Crippen molar-refractivity contribution >= 4 is 17.5 Å². The monoisotopic (exact) mass is 326 g/mol. The van der Waals surface area contributed by atoms with Crippen LogP contribution in [0.2, 0.25) is 5.02 Å². The zero-order valence-corrected chi connectivity index (χ0v) is 14.0. The molecular formula is C17H24ClFN2O. The van der Waals surface area contributed by atoms with Crippen molar-refractivity contribution in [3.63, 3.8) is 0 Å². The van der Waals surface area contributed by atoms with Crippen LogP contribution in [0.5, 0.6) is 0 Å². The molecule has 1 heterocycles. The number of carbonyl (C=O) groups is 1. The van der Waals surface area contributed by atoms with E-state index in [-0.39, 0.29) is 17.6 Å². The predicted molar refractivity (Wildman–Crippen MR) is 87.3 cm³/mol. The predicted octanol–water partition coefficient (Wildman–Crippen LogP) is 3.46. The van der Waals surface area contributed by atoms with Gasteiger partial charge in [-0.05, 0) is 44.0 Å². The molecule has 0 saturated carbocycles. The van der Waals surface area contributed by atoms with E-state index >= 15 is 0 Å². The van der Waals surface area contributed by atoms with E-state index in [1.54, 1.807) is 12.1 Å². The molecule has 1 saturated heterocycles. The largest absolute Gasteiger partial charge is 0.356 e. The Bertz CT molecular complexity index is 513. The number of hydrogen-bond acceptors (Lipinski definition) is 2. The van der Waals surface area contributed by atoms with Gasteiger partial charge < -0.3 is 5.32 Å². The number of likely N-dealkylation sites (tertiary alicyclic amines) is 1. The molecule has 0 aliphatic carbocycles. The van der Waals surface area contributed by atoms with Gasteiger partial charge in [0.15, 0.2) is 0 Å². The van der Waals surface area contributed by atoms with Crippen molar-refractivity contribution in [3.8, 4) is 0 Å². The first-order valence-corrected chi connectivity index (χ1v) is 8.27. The van der Waals surface area contributed by atoms with E-state index in [9.17, 15) is 9.18 Å². The summed E-state index contributed by atoms with van der Waals surface area (Å²) in [7, 11) is 0. The van der Waals surface area contributed by atoms with E-state index in [0.29, 0.717) is 23.0 Å². The SMILES string of the molecule is CC(C)CNC(=O)C1CCN(Cc2ccc(Cl)cc2F)CC1. The lowest BCUT2D eigenvalue weighted by Crippen LogP contribution is -2.41. The van der Waals surface area contributed by atoms with Crippen LogP contribution in [0.25, 0.3) is 0 Å². The first kappa shape index (κ1) is 17.2. The van der Waals surface area contributed by atoms with E-state index in [1.807, 2.05) is 0 Å². The van der Waals surface area contributed by atoms with Crippen LogP contribution in [0.3, 0.4) is 0 Å². The summed E-state index contributed by atoms with van der Waals surface area (Å²) in [6.07, 6.45) is 1.66. The number of halogens is 2. The summed E-state index contributed by atoms with van der Waals surface area (Å²) in [6.45, 7) is 7.12. The summed E-state index contributed by atoms with van der Waals surface area (Å²) in [5.74, 6) is 0.456. The number of hydrogen-bond donors (Lipinski definition) is 1. The Balaban J connectivity index is 1.80. The smallest absolute Gasteiger partial charge is 0.223 e. The van der Waals surface area contributed by atoms with Gasteiger partial charge in [0.05, 0.1) is 0 Å². The molecule has 1 amide bonds. The lowest BCUT2D eigenvalue weighted by molar-refractivity contribution is -0.126. The van der Waals surface area contributed by atoms with E-state index in [1.165, 1.54) is 6.07 Å². The molecule has 1 aliphatic heterocycles. The van der Waals surface area contributed by atoms with Crippen molar-refractivity contribution < 1.29 is 9.18 Å². The average Bonchev–Trinajstić information content (AvgIpc) is 2.48. The third-order valence-electron chi connectivity index (χ3n) is 4.05. The molecule has 0 atom stereocenters. The first-order valence-electron chi connectivity index (χ1n) is 7.89. The van der Waals surface area contributed by atoms with Crippen molar-refractivity contribution in [2.75, 3.05) is 19.6 Å². The van der Waals surface area contributed by atoms with Gasteiger partial charge in [-0.3, -0.25) is 9.69 Å². The number of nitrogens with one attached hydrogen (secondary N) is 1. The highest BCUT2D eigenvalue weighted by Crippen LogP contribution is 2.21. The number of piperidine rings is 1. The molecule has 1 aromatic rings. The molecule has 2 rings (SSSR count). The summed E-state index contributed by atoms with van der Waals surface area (Å²) >= 11 is 5.77. The Morgan fingerprint density at radius 3 is 2.68 bits per heavy atom. The summed E-state index contributed by atoms with van der Waals surface area (Å²) in [6, 6.07) is 4.80. The maximum Gasteiger partial charge on any atom is 0.223 e. The average molecular weight is 327 g/mol. The van der Waals surface area contributed by atoms with E-state index < -0.39 is 0 Å². The second-order valence-corrected chi connectivity index (χ2v) is 6.86. The Kier molecular flexibility index (Phi) is 6.21. The summed E-state index contributed by atoms with van der Waals surface area (Å²) in [5.41, 5.74) is 0.659. The molecule has 1 fully saturated rings. The molecule has 0 aromatic heterocycles. The number of nitrogens with zero attached hydrogens (tertiary/aromatic N) is 1. The lowest BCUT2D eigenvalue weighted by atomic mass is 9.95. The van der Waals surface area contributed by atoms with E-state index in [2.05, 4.69) is 24.1 Å². The van der Waals surface area contributed by atoms with Crippen molar-refractivity contribution in [1.29, 1.82) is 0 Å². The van der Waals surface area contributed by atoms with Crippen molar-refractivity contribution in [2.24, 2.45) is 11.8 Å². The fourth-order valence-electron chi connectivity index (χ4n) is 2.69. The molecule has 0 unspecified atom stereocenters. The molecular weight excluding hydrogens is 303 g/mol. The normalized spacial score (nSPS) is 17.0. The first-order chi connectivity index (χ1) is 10.5. The molecule has 0 spiro atoms. The molecule has 1 aromatic carbocycles. The zero-order chi connectivity index (χ0) is 16.1. The van der Waals surface area contributed by atoms with Gasteiger partial charge in [-0.2, -0.15) is 0 Å². The van der Waals surface area contributed by atoms with E-state index in [0.717, 1.165) is 32.5 Å². The highest BCUT2D eigenvalue weighted by Gasteiger charge is 2.25. The molecule has 22 heavy (non-hydrogen) atoms. The molecule has 0 radical (unpaired) electrons. The highest BCUT2D eigenvalue weighted by molar-refractivity contribution is 6.30. The molecule has 3 nitrogen and oxygen atoms in total. The zero-order valence-electron chi connectivity index (χ0n) is 13.2. The molecule has 0 bridgehead atoms. The van der Waals surface area contributed by atoms with Crippen LogP contribution in [0, 0.1) is 17.7 Å². The standard InChI is InChI=1S/C17H24ClFN2O/c1-12(2)10-20-17(22)13-5-7-21(8-6-13)11-14-3-4-15(18)9-16(14)19/h3-4,9,12-13H,5-8,10-11H2,1-2H3,(H,20,22). The topological polar surface area (TPSA) is 32.3 Å².